The lowest BCUT2D eigenvalue weighted by Crippen LogP contribution is -2.29. The van der Waals surface area contributed by atoms with E-state index >= 15 is 0 Å². The number of nitrogens with one attached hydrogen (secondary N) is 1. The molecule has 0 unspecified atom stereocenters. The molecule has 7 heteroatoms. The Hall–Kier alpha value is -2.80. The number of hydrogen-bond donors (Lipinski definition) is 1. The molecule has 3 rings (SSSR count). The van der Waals surface area contributed by atoms with Crippen molar-refractivity contribution in [3.8, 4) is 5.75 Å². The first-order chi connectivity index (χ1) is 14.5. The first-order valence-electron chi connectivity index (χ1n) is 10.1. The number of aromatic nitrogens is 2. The van der Waals surface area contributed by atoms with Crippen molar-refractivity contribution in [2.45, 2.75) is 37.9 Å². The van der Waals surface area contributed by atoms with Crippen LogP contribution < -0.4 is 15.6 Å². The molecule has 1 aromatic heterocycles. The minimum absolute atomic E-state index is 0.00529. The van der Waals surface area contributed by atoms with Gasteiger partial charge in [0.15, 0.2) is 5.16 Å². The SMILES string of the molecule is CC[C@H](C)n1c(SCC(=O)NCCc2ccccc2OC)nc2ccccc2c1=O. The van der Waals surface area contributed by atoms with Gasteiger partial charge in [-0.1, -0.05) is 49.0 Å². The van der Waals surface area contributed by atoms with Crippen LogP contribution in [0.4, 0.5) is 0 Å². The standard InChI is InChI=1S/C23H27N3O3S/c1-4-16(2)26-22(28)18-10-6-7-11-19(18)25-23(26)30-15-21(27)24-14-13-17-9-5-8-12-20(17)29-3/h5-12,16H,4,13-15H2,1-3H3,(H,24,27)/t16-/m0/s1. The van der Waals surface area contributed by atoms with Crippen molar-refractivity contribution in [2.75, 3.05) is 19.4 Å². The summed E-state index contributed by atoms with van der Waals surface area (Å²) in [7, 11) is 1.64. The smallest absolute Gasteiger partial charge is 0.262 e. The number of benzene rings is 2. The van der Waals surface area contributed by atoms with E-state index in [1.165, 1.54) is 11.8 Å². The number of ether oxygens (including phenoxy) is 1. The molecule has 0 aliphatic rings. The molecule has 30 heavy (non-hydrogen) atoms. The number of rotatable bonds is 9. The third-order valence-corrected chi connectivity index (χ3v) is 6.00. The second-order valence-corrected chi connectivity index (χ2v) is 7.99. The van der Waals surface area contributed by atoms with Crippen molar-refractivity contribution in [1.29, 1.82) is 0 Å². The van der Waals surface area contributed by atoms with Crippen LogP contribution in [0.2, 0.25) is 0 Å². The van der Waals surface area contributed by atoms with Crippen molar-refractivity contribution >= 4 is 28.6 Å². The lowest BCUT2D eigenvalue weighted by Gasteiger charge is -2.18. The molecule has 158 valence electrons. The number of amides is 1. The fourth-order valence-electron chi connectivity index (χ4n) is 3.23. The van der Waals surface area contributed by atoms with Crippen LogP contribution in [-0.4, -0.2) is 34.9 Å². The normalized spacial score (nSPS) is 12.0. The highest BCUT2D eigenvalue weighted by molar-refractivity contribution is 7.99. The van der Waals surface area contributed by atoms with Gasteiger partial charge in [-0.3, -0.25) is 14.2 Å². The maximum Gasteiger partial charge on any atom is 0.262 e. The van der Waals surface area contributed by atoms with Gasteiger partial charge in [-0.05, 0) is 43.5 Å². The van der Waals surface area contributed by atoms with E-state index in [1.54, 1.807) is 17.7 Å². The summed E-state index contributed by atoms with van der Waals surface area (Å²) >= 11 is 1.30. The number of thioether (sulfide) groups is 1. The Morgan fingerprint density at radius 3 is 2.70 bits per heavy atom. The quantitative estimate of drug-likeness (QED) is 0.417. The summed E-state index contributed by atoms with van der Waals surface area (Å²) in [4.78, 5) is 30.0. The molecular formula is C23H27N3O3S. The molecule has 2 aromatic carbocycles. The highest BCUT2D eigenvalue weighted by Gasteiger charge is 2.16. The molecule has 6 nitrogen and oxygen atoms in total. The Morgan fingerprint density at radius 1 is 1.20 bits per heavy atom. The molecule has 1 amide bonds. The Labute approximate surface area is 180 Å². The van der Waals surface area contributed by atoms with E-state index in [-0.39, 0.29) is 23.3 Å². The van der Waals surface area contributed by atoms with Crippen LogP contribution in [0.1, 0.15) is 31.9 Å². The van der Waals surface area contributed by atoms with Crippen molar-refractivity contribution in [3.63, 3.8) is 0 Å². The number of nitrogens with zero attached hydrogens (tertiary/aromatic N) is 2. The summed E-state index contributed by atoms with van der Waals surface area (Å²) in [6, 6.07) is 15.1. The van der Waals surface area contributed by atoms with Gasteiger partial charge in [0.1, 0.15) is 5.75 Å². The number of carbonyl (C=O) groups excluding carboxylic acids is 1. The van der Waals surface area contributed by atoms with Gasteiger partial charge < -0.3 is 10.1 Å². The van der Waals surface area contributed by atoms with Crippen LogP contribution in [0.3, 0.4) is 0 Å². The summed E-state index contributed by atoms with van der Waals surface area (Å²) in [6.45, 7) is 4.55. The van der Waals surface area contributed by atoms with E-state index in [4.69, 9.17) is 4.74 Å². The van der Waals surface area contributed by atoms with Gasteiger partial charge in [-0.15, -0.1) is 0 Å². The molecule has 0 aliphatic carbocycles. The third kappa shape index (κ3) is 5.02. The number of para-hydroxylation sites is 2. The average Bonchev–Trinajstić information content (AvgIpc) is 2.77. The summed E-state index contributed by atoms with van der Waals surface area (Å²) in [5, 5.41) is 4.11. The largest absolute Gasteiger partial charge is 0.496 e. The number of hydrogen-bond acceptors (Lipinski definition) is 5. The molecule has 1 atom stereocenters. The molecule has 0 saturated heterocycles. The number of fused-ring (bicyclic) bond motifs is 1. The fraction of sp³-hybridized carbons (Fsp3) is 0.348. The van der Waals surface area contributed by atoms with Gasteiger partial charge in [-0.2, -0.15) is 0 Å². The lowest BCUT2D eigenvalue weighted by atomic mass is 10.1. The molecule has 0 radical (unpaired) electrons. The van der Waals surface area contributed by atoms with E-state index in [0.717, 1.165) is 17.7 Å². The zero-order valence-electron chi connectivity index (χ0n) is 17.6. The predicted octanol–water partition coefficient (Wildman–Crippen LogP) is 3.83. The van der Waals surface area contributed by atoms with E-state index in [9.17, 15) is 9.59 Å². The van der Waals surface area contributed by atoms with E-state index < -0.39 is 0 Å². The maximum atomic E-state index is 13.0. The highest BCUT2D eigenvalue weighted by Crippen LogP contribution is 2.22. The Kier molecular flexibility index (Phi) is 7.52. The summed E-state index contributed by atoms with van der Waals surface area (Å²) in [6.07, 6.45) is 1.49. The Morgan fingerprint density at radius 2 is 1.93 bits per heavy atom. The molecule has 3 aromatic rings. The maximum absolute atomic E-state index is 13.0. The first kappa shape index (κ1) is 21.9. The average molecular weight is 426 g/mol. The number of methoxy groups -OCH3 is 1. The van der Waals surface area contributed by atoms with E-state index in [2.05, 4.69) is 10.3 Å². The molecule has 1 heterocycles. The lowest BCUT2D eigenvalue weighted by molar-refractivity contribution is -0.118. The van der Waals surface area contributed by atoms with Gasteiger partial charge in [0, 0.05) is 12.6 Å². The molecule has 0 saturated carbocycles. The topological polar surface area (TPSA) is 73.2 Å². The molecule has 0 fully saturated rings. The van der Waals surface area contributed by atoms with Crippen molar-refractivity contribution in [1.82, 2.24) is 14.9 Å². The first-order valence-corrected chi connectivity index (χ1v) is 11.1. The van der Waals surface area contributed by atoms with Crippen LogP contribution in [0.25, 0.3) is 10.9 Å². The van der Waals surface area contributed by atoms with Crippen molar-refractivity contribution in [3.05, 3.63) is 64.4 Å². The van der Waals surface area contributed by atoms with Crippen LogP contribution in [0, 0.1) is 0 Å². The van der Waals surface area contributed by atoms with E-state index in [1.807, 2.05) is 56.3 Å². The minimum atomic E-state index is -0.0898. The Bertz CT molecular complexity index is 1080. The van der Waals surface area contributed by atoms with Gasteiger partial charge in [-0.25, -0.2) is 4.98 Å². The van der Waals surface area contributed by atoms with Crippen molar-refractivity contribution < 1.29 is 9.53 Å². The van der Waals surface area contributed by atoms with Gasteiger partial charge in [0.2, 0.25) is 5.91 Å². The summed E-state index contributed by atoms with van der Waals surface area (Å²) < 4.78 is 7.05. The molecular weight excluding hydrogens is 398 g/mol. The summed E-state index contributed by atoms with van der Waals surface area (Å²) in [5.74, 6) is 0.930. The highest BCUT2D eigenvalue weighted by atomic mass is 32.2. The van der Waals surface area contributed by atoms with E-state index in [0.29, 0.717) is 29.0 Å². The monoisotopic (exact) mass is 425 g/mol. The summed E-state index contributed by atoms with van der Waals surface area (Å²) in [5.41, 5.74) is 1.64. The number of carbonyl (C=O) groups is 1. The molecule has 0 spiro atoms. The zero-order chi connectivity index (χ0) is 21.5. The molecule has 0 aliphatic heterocycles. The van der Waals surface area contributed by atoms with Crippen LogP contribution in [0.15, 0.2) is 58.5 Å². The molecule has 0 bridgehead atoms. The second kappa shape index (κ2) is 10.3. The van der Waals surface area contributed by atoms with Gasteiger partial charge in [0.05, 0.1) is 23.8 Å². The van der Waals surface area contributed by atoms with Crippen molar-refractivity contribution in [2.24, 2.45) is 0 Å². The Balaban J connectivity index is 1.67. The van der Waals surface area contributed by atoms with Crippen LogP contribution in [0.5, 0.6) is 5.75 Å². The fourth-order valence-corrected chi connectivity index (χ4v) is 4.15. The third-order valence-electron chi connectivity index (χ3n) is 5.05. The van der Waals surface area contributed by atoms with Gasteiger partial charge in [0.25, 0.3) is 5.56 Å². The molecule has 1 N–H and O–H groups in total. The van der Waals surface area contributed by atoms with Crippen LogP contribution in [-0.2, 0) is 11.2 Å². The minimum Gasteiger partial charge on any atom is -0.496 e. The van der Waals surface area contributed by atoms with Crippen LogP contribution >= 0.6 is 11.8 Å². The second-order valence-electron chi connectivity index (χ2n) is 7.04. The predicted molar refractivity (Wildman–Crippen MR) is 121 cm³/mol. The zero-order valence-corrected chi connectivity index (χ0v) is 18.4. The van der Waals surface area contributed by atoms with Gasteiger partial charge >= 0.3 is 0 Å².